The number of alkyl halides is 3. The first-order valence-electron chi connectivity index (χ1n) is 11.7. The first-order valence-corrected chi connectivity index (χ1v) is 11.7. The van der Waals surface area contributed by atoms with Crippen LogP contribution in [0.3, 0.4) is 0 Å². The van der Waals surface area contributed by atoms with Gasteiger partial charge in [-0.05, 0) is 54.7 Å². The summed E-state index contributed by atoms with van der Waals surface area (Å²) >= 11 is 0. The molecule has 1 aromatic heterocycles. The summed E-state index contributed by atoms with van der Waals surface area (Å²) in [7, 11) is 0. The van der Waals surface area contributed by atoms with Crippen LogP contribution in [0.2, 0.25) is 0 Å². The highest BCUT2D eigenvalue weighted by Gasteiger charge is 2.42. The number of halogens is 3. The standard InChI is InChI=1S/C26H28F3N3O4/c27-26(28,29)36-20-8-6-17(7-9-20)14-31-23-13-24(34)22(15-33)21(23)12-18-10-11-30-25(32-18)16-35-19-4-2-1-3-5-19/h1-11,21-24,31,33-34H,12-16H2/t21-,22-,23-,24-/m1/s1. The topological polar surface area (TPSA) is 96.7 Å². The SMILES string of the molecule is OC[C@@H]1[C@@H](Cc2ccnc(COc3ccccc3)n2)[C@H](NCc2ccc(OC(F)(F)F)cc2)C[C@H]1O. The Hall–Kier alpha value is -3.21. The Morgan fingerprint density at radius 2 is 1.72 bits per heavy atom. The van der Waals surface area contributed by atoms with E-state index in [0.717, 1.165) is 11.3 Å². The van der Waals surface area contributed by atoms with Gasteiger partial charge in [-0.1, -0.05) is 30.3 Å². The first-order chi connectivity index (χ1) is 17.3. The maximum atomic E-state index is 12.4. The van der Waals surface area contributed by atoms with Crippen LogP contribution in [0.5, 0.6) is 11.5 Å². The Bertz CT molecular complexity index is 1100. The number of para-hydroxylation sites is 1. The third-order valence-electron chi connectivity index (χ3n) is 6.31. The van der Waals surface area contributed by atoms with Gasteiger partial charge in [0.25, 0.3) is 0 Å². The van der Waals surface area contributed by atoms with Crippen molar-refractivity contribution >= 4 is 0 Å². The molecule has 10 heteroatoms. The minimum Gasteiger partial charge on any atom is -0.486 e. The number of aliphatic hydroxyl groups is 2. The van der Waals surface area contributed by atoms with E-state index in [0.29, 0.717) is 31.0 Å². The zero-order chi connectivity index (χ0) is 25.5. The lowest BCUT2D eigenvalue weighted by Gasteiger charge is -2.25. The van der Waals surface area contributed by atoms with Crippen molar-refractivity contribution in [1.29, 1.82) is 0 Å². The van der Waals surface area contributed by atoms with E-state index in [1.54, 1.807) is 18.3 Å². The van der Waals surface area contributed by atoms with Crippen molar-refractivity contribution in [2.45, 2.75) is 44.5 Å². The van der Waals surface area contributed by atoms with E-state index < -0.39 is 12.5 Å². The monoisotopic (exact) mass is 503 g/mol. The summed E-state index contributed by atoms with van der Waals surface area (Å²) in [6.07, 6.45) is -2.79. The van der Waals surface area contributed by atoms with Gasteiger partial charge in [0.1, 0.15) is 18.1 Å². The summed E-state index contributed by atoms with van der Waals surface area (Å²) < 4.78 is 46.8. The fourth-order valence-electron chi connectivity index (χ4n) is 4.57. The van der Waals surface area contributed by atoms with E-state index in [4.69, 9.17) is 4.74 Å². The Morgan fingerprint density at radius 3 is 2.42 bits per heavy atom. The third kappa shape index (κ3) is 7.16. The molecule has 0 aliphatic heterocycles. The molecular formula is C26H28F3N3O4. The molecule has 0 bridgehead atoms. The highest BCUT2D eigenvalue weighted by molar-refractivity contribution is 5.27. The summed E-state index contributed by atoms with van der Waals surface area (Å²) in [6, 6.07) is 16.7. The average molecular weight is 504 g/mol. The number of hydrogen-bond donors (Lipinski definition) is 3. The van der Waals surface area contributed by atoms with Gasteiger partial charge in [-0.2, -0.15) is 0 Å². The van der Waals surface area contributed by atoms with Crippen LogP contribution in [0.4, 0.5) is 13.2 Å². The Balaban J connectivity index is 1.38. The number of nitrogens with one attached hydrogen (secondary N) is 1. The van der Waals surface area contributed by atoms with E-state index in [9.17, 15) is 23.4 Å². The molecule has 1 aliphatic carbocycles. The lowest BCUT2D eigenvalue weighted by molar-refractivity contribution is -0.274. The number of benzene rings is 2. The van der Waals surface area contributed by atoms with Crippen molar-refractivity contribution in [3.8, 4) is 11.5 Å². The maximum Gasteiger partial charge on any atom is 0.573 e. The fourth-order valence-corrected chi connectivity index (χ4v) is 4.57. The molecule has 0 amide bonds. The first kappa shape index (κ1) is 25.9. The van der Waals surface area contributed by atoms with Crippen LogP contribution >= 0.6 is 0 Å². The van der Waals surface area contributed by atoms with Gasteiger partial charge in [0.05, 0.1) is 6.10 Å². The van der Waals surface area contributed by atoms with Crippen molar-refractivity contribution in [3.05, 3.63) is 83.9 Å². The summed E-state index contributed by atoms with van der Waals surface area (Å²) in [5.41, 5.74) is 1.54. The van der Waals surface area contributed by atoms with Crippen molar-refractivity contribution in [3.63, 3.8) is 0 Å². The van der Waals surface area contributed by atoms with Gasteiger partial charge in [-0.15, -0.1) is 13.2 Å². The van der Waals surface area contributed by atoms with Gasteiger partial charge >= 0.3 is 6.36 Å². The molecular weight excluding hydrogens is 475 g/mol. The molecule has 3 N–H and O–H groups in total. The lowest BCUT2D eigenvalue weighted by atomic mass is 9.88. The molecule has 4 atom stereocenters. The van der Waals surface area contributed by atoms with Crippen molar-refractivity contribution in [1.82, 2.24) is 15.3 Å². The Labute approximate surface area is 206 Å². The minimum atomic E-state index is -4.74. The molecule has 3 aromatic rings. The van der Waals surface area contributed by atoms with E-state index in [-0.39, 0.29) is 36.8 Å². The van der Waals surface area contributed by atoms with Gasteiger partial charge in [0.2, 0.25) is 0 Å². The molecule has 1 fully saturated rings. The van der Waals surface area contributed by atoms with Crippen LogP contribution in [0.15, 0.2) is 66.9 Å². The molecule has 0 unspecified atom stereocenters. The van der Waals surface area contributed by atoms with Crippen molar-refractivity contribution < 1.29 is 32.9 Å². The second-order valence-corrected chi connectivity index (χ2v) is 8.76. The molecule has 1 heterocycles. The smallest absolute Gasteiger partial charge is 0.486 e. The number of aromatic nitrogens is 2. The molecule has 192 valence electrons. The van der Waals surface area contributed by atoms with Crippen LogP contribution in [-0.4, -0.2) is 45.3 Å². The summed E-state index contributed by atoms with van der Waals surface area (Å²) in [6.45, 7) is 0.436. The van der Waals surface area contributed by atoms with E-state index in [1.165, 1.54) is 12.1 Å². The van der Waals surface area contributed by atoms with E-state index in [1.807, 2.05) is 36.4 Å². The zero-order valence-electron chi connectivity index (χ0n) is 19.4. The molecule has 1 saturated carbocycles. The lowest BCUT2D eigenvalue weighted by Crippen LogP contribution is -2.36. The van der Waals surface area contributed by atoms with Crippen molar-refractivity contribution in [2.24, 2.45) is 11.8 Å². The average Bonchev–Trinajstić information content (AvgIpc) is 3.16. The predicted octanol–water partition coefficient (Wildman–Crippen LogP) is 3.64. The van der Waals surface area contributed by atoms with Gasteiger partial charge < -0.3 is 25.0 Å². The third-order valence-corrected chi connectivity index (χ3v) is 6.31. The van der Waals surface area contributed by atoms with Crippen LogP contribution in [0.25, 0.3) is 0 Å². The van der Waals surface area contributed by atoms with Crippen LogP contribution < -0.4 is 14.8 Å². The summed E-state index contributed by atoms with van der Waals surface area (Å²) in [4.78, 5) is 8.88. The normalized spacial score (nSPS) is 21.9. The molecule has 1 aliphatic rings. The summed E-state index contributed by atoms with van der Waals surface area (Å²) in [5, 5.41) is 23.9. The highest BCUT2D eigenvalue weighted by Crippen LogP contribution is 2.35. The van der Waals surface area contributed by atoms with Crippen molar-refractivity contribution in [2.75, 3.05) is 6.61 Å². The molecule has 7 nitrogen and oxygen atoms in total. The number of rotatable bonds is 10. The van der Waals surface area contributed by atoms with Crippen LogP contribution in [-0.2, 0) is 19.6 Å². The Kier molecular flexibility index (Phi) is 8.40. The number of nitrogens with zero attached hydrogens (tertiary/aromatic N) is 2. The number of hydrogen-bond acceptors (Lipinski definition) is 7. The second kappa shape index (κ2) is 11.7. The fraction of sp³-hybridized carbons (Fsp3) is 0.385. The highest BCUT2D eigenvalue weighted by atomic mass is 19.4. The van der Waals surface area contributed by atoms with E-state index in [2.05, 4.69) is 20.0 Å². The second-order valence-electron chi connectivity index (χ2n) is 8.76. The zero-order valence-corrected chi connectivity index (χ0v) is 19.4. The predicted molar refractivity (Wildman–Crippen MR) is 125 cm³/mol. The summed E-state index contributed by atoms with van der Waals surface area (Å²) in [5.74, 6) is 0.533. The number of aliphatic hydroxyl groups excluding tert-OH is 2. The van der Waals surface area contributed by atoms with Crippen LogP contribution in [0.1, 0.15) is 23.5 Å². The van der Waals surface area contributed by atoms with Gasteiger partial charge in [0, 0.05) is 37.0 Å². The van der Waals surface area contributed by atoms with Gasteiger partial charge in [-0.25, -0.2) is 9.97 Å². The van der Waals surface area contributed by atoms with Gasteiger partial charge in [-0.3, -0.25) is 0 Å². The molecule has 0 saturated heterocycles. The molecule has 2 aromatic carbocycles. The minimum absolute atomic E-state index is 0.101. The molecule has 4 rings (SSSR count). The maximum absolute atomic E-state index is 12.4. The molecule has 36 heavy (non-hydrogen) atoms. The quantitative estimate of drug-likeness (QED) is 0.389. The number of ether oxygens (including phenoxy) is 2. The molecule has 0 spiro atoms. The van der Waals surface area contributed by atoms with Gasteiger partial charge in [0.15, 0.2) is 5.82 Å². The largest absolute Gasteiger partial charge is 0.573 e. The molecule has 0 radical (unpaired) electrons. The van der Waals surface area contributed by atoms with E-state index >= 15 is 0 Å². The van der Waals surface area contributed by atoms with Crippen LogP contribution in [0, 0.1) is 11.8 Å². The Morgan fingerprint density at radius 1 is 0.972 bits per heavy atom.